The third-order valence-corrected chi connectivity index (χ3v) is 2.61. The number of ketones is 1. The van der Waals surface area contributed by atoms with Crippen LogP contribution in [0, 0.1) is 0 Å². The number of carbonyl (C=O) groups is 1. The molecule has 1 heterocycles. The van der Waals surface area contributed by atoms with Crippen molar-refractivity contribution in [3.8, 4) is 0 Å². The summed E-state index contributed by atoms with van der Waals surface area (Å²) >= 11 is 11.7. The second kappa shape index (κ2) is 4.76. The van der Waals surface area contributed by atoms with E-state index in [1.54, 1.807) is 24.3 Å². The van der Waals surface area contributed by atoms with Crippen LogP contribution in [0.5, 0.6) is 0 Å². The van der Waals surface area contributed by atoms with Crippen molar-refractivity contribution in [2.45, 2.75) is 0 Å². The number of rotatable bonds is 3. The first-order chi connectivity index (χ1) is 7.63. The molecule has 1 aromatic rings. The Kier molecular flexibility index (Phi) is 3.36. The van der Waals surface area contributed by atoms with Crippen molar-refractivity contribution in [2.75, 3.05) is 18.4 Å². The predicted molar refractivity (Wildman–Crippen MR) is 66.0 cm³/mol. The van der Waals surface area contributed by atoms with E-state index in [0.29, 0.717) is 23.1 Å². The average Bonchev–Trinajstić information content (AvgIpc) is 2.60. The van der Waals surface area contributed by atoms with Gasteiger partial charge in [-0.2, -0.15) is 0 Å². The van der Waals surface area contributed by atoms with Gasteiger partial charge in [0.15, 0.2) is 5.78 Å². The summed E-state index contributed by atoms with van der Waals surface area (Å²) in [5.74, 6) is 0.0981. The maximum absolute atomic E-state index is 11.0. The molecule has 0 fully saturated rings. The van der Waals surface area contributed by atoms with E-state index >= 15 is 0 Å². The van der Waals surface area contributed by atoms with Gasteiger partial charge in [-0.05, 0) is 18.2 Å². The molecule has 0 saturated heterocycles. The highest BCUT2D eigenvalue weighted by Crippen LogP contribution is 2.22. The molecule has 0 amide bonds. The van der Waals surface area contributed by atoms with Gasteiger partial charge in [0.25, 0.3) is 0 Å². The Morgan fingerprint density at radius 1 is 1.25 bits per heavy atom. The van der Waals surface area contributed by atoms with Crippen molar-refractivity contribution in [1.29, 1.82) is 0 Å². The second-order valence-electron chi connectivity index (χ2n) is 3.50. The fourth-order valence-electron chi connectivity index (χ4n) is 1.46. The highest BCUT2D eigenvalue weighted by molar-refractivity contribution is 6.35. The lowest BCUT2D eigenvalue weighted by molar-refractivity contribution is -0.113. The Morgan fingerprint density at radius 2 is 1.94 bits per heavy atom. The Hall–Kier alpha value is -1.19. The van der Waals surface area contributed by atoms with Crippen LogP contribution in [0.2, 0.25) is 10.0 Å². The lowest BCUT2D eigenvalue weighted by Crippen LogP contribution is -2.17. The van der Waals surface area contributed by atoms with E-state index in [1.807, 2.05) is 0 Å². The molecule has 0 saturated carbocycles. The molecular weight excluding hydrogens is 247 g/mol. The van der Waals surface area contributed by atoms with E-state index in [2.05, 4.69) is 10.6 Å². The SMILES string of the molecule is O=C1C=C(CNc2cc(Cl)cc(Cl)c2)NC1. The Bertz CT molecular complexity index is 437. The highest BCUT2D eigenvalue weighted by Gasteiger charge is 2.10. The van der Waals surface area contributed by atoms with Gasteiger partial charge in [-0.25, -0.2) is 0 Å². The van der Waals surface area contributed by atoms with Crippen molar-refractivity contribution in [3.63, 3.8) is 0 Å². The Balaban J connectivity index is 1.99. The monoisotopic (exact) mass is 256 g/mol. The van der Waals surface area contributed by atoms with Crippen LogP contribution < -0.4 is 10.6 Å². The predicted octanol–water partition coefficient (Wildman–Crippen LogP) is 2.46. The van der Waals surface area contributed by atoms with Gasteiger partial charge in [0.2, 0.25) is 0 Å². The zero-order valence-electron chi connectivity index (χ0n) is 8.39. The van der Waals surface area contributed by atoms with Gasteiger partial charge in [-0.1, -0.05) is 23.2 Å². The van der Waals surface area contributed by atoms with Crippen LogP contribution in [0.15, 0.2) is 30.0 Å². The number of hydrogen-bond donors (Lipinski definition) is 2. The molecule has 1 aliphatic heterocycles. The molecule has 0 atom stereocenters. The van der Waals surface area contributed by atoms with E-state index in [4.69, 9.17) is 23.2 Å². The molecule has 0 radical (unpaired) electrons. The first-order valence-electron chi connectivity index (χ1n) is 4.81. The summed E-state index contributed by atoms with van der Waals surface area (Å²) in [6.07, 6.45) is 1.60. The van der Waals surface area contributed by atoms with Crippen LogP contribution in [-0.2, 0) is 4.79 Å². The molecule has 3 nitrogen and oxygen atoms in total. The Morgan fingerprint density at radius 3 is 2.50 bits per heavy atom. The summed E-state index contributed by atoms with van der Waals surface area (Å²) in [5, 5.41) is 7.29. The van der Waals surface area contributed by atoms with Crippen LogP contribution in [0.4, 0.5) is 5.69 Å². The van der Waals surface area contributed by atoms with Crippen molar-refractivity contribution >= 4 is 34.7 Å². The minimum atomic E-state index is 0.0981. The molecular formula is C11H10Cl2N2O. The smallest absolute Gasteiger partial charge is 0.176 e. The van der Waals surface area contributed by atoms with Crippen LogP contribution >= 0.6 is 23.2 Å². The highest BCUT2D eigenvalue weighted by atomic mass is 35.5. The summed E-state index contributed by atoms with van der Waals surface area (Å²) in [5.41, 5.74) is 1.71. The first kappa shape index (κ1) is 11.3. The van der Waals surface area contributed by atoms with Crippen molar-refractivity contribution in [2.24, 2.45) is 0 Å². The third kappa shape index (κ3) is 2.90. The van der Waals surface area contributed by atoms with Gasteiger partial charge >= 0.3 is 0 Å². The summed E-state index contributed by atoms with van der Waals surface area (Å²) in [6, 6.07) is 5.24. The summed E-state index contributed by atoms with van der Waals surface area (Å²) in [4.78, 5) is 11.0. The number of carbonyl (C=O) groups excluding carboxylic acids is 1. The quantitative estimate of drug-likeness (QED) is 0.873. The molecule has 2 rings (SSSR count). The van der Waals surface area contributed by atoms with Gasteiger partial charge in [0, 0.05) is 27.5 Å². The largest absolute Gasteiger partial charge is 0.379 e. The first-order valence-corrected chi connectivity index (χ1v) is 5.56. The zero-order chi connectivity index (χ0) is 11.5. The molecule has 84 valence electrons. The van der Waals surface area contributed by atoms with E-state index in [9.17, 15) is 4.79 Å². The average molecular weight is 257 g/mol. The maximum Gasteiger partial charge on any atom is 0.176 e. The van der Waals surface area contributed by atoms with Crippen LogP contribution in [0.1, 0.15) is 0 Å². The van der Waals surface area contributed by atoms with Gasteiger partial charge in [0.05, 0.1) is 13.1 Å². The van der Waals surface area contributed by atoms with Crippen LogP contribution in [0.3, 0.4) is 0 Å². The molecule has 5 heteroatoms. The lowest BCUT2D eigenvalue weighted by atomic mass is 10.3. The van der Waals surface area contributed by atoms with Crippen molar-refractivity contribution < 1.29 is 4.79 Å². The number of hydrogen-bond acceptors (Lipinski definition) is 3. The molecule has 1 aliphatic rings. The lowest BCUT2D eigenvalue weighted by Gasteiger charge is -2.08. The second-order valence-corrected chi connectivity index (χ2v) is 4.37. The maximum atomic E-state index is 11.0. The van der Waals surface area contributed by atoms with E-state index in [-0.39, 0.29) is 5.78 Å². The zero-order valence-corrected chi connectivity index (χ0v) is 9.90. The molecule has 2 N–H and O–H groups in total. The molecule has 0 aromatic heterocycles. The molecule has 1 aromatic carbocycles. The van der Waals surface area contributed by atoms with Gasteiger partial charge in [0.1, 0.15) is 0 Å². The third-order valence-electron chi connectivity index (χ3n) is 2.17. The fourth-order valence-corrected chi connectivity index (χ4v) is 1.99. The van der Waals surface area contributed by atoms with E-state index in [0.717, 1.165) is 11.4 Å². The van der Waals surface area contributed by atoms with Crippen molar-refractivity contribution in [1.82, 2.24) is 5.32 Å². The summed E-state index contributed by atoms with van der Waals surface area (Å²) < 4.78 is 0. The van der Waals surface area contributed by atoms with E-state index in [1.165, 1.54) is 0 Å². The van der Waals surface area contributed by atoms with E-state index < -0.39 is 0 Å². The number of benzene rings is 1. The number of anilines is 1. The Labute approximate surface area is 103 Å². The molecule has 0 unspecified atom stereocenters. The van der Waals surface area contributed by atoms with Gasteiger partial charge < -0.3 is 10.6 Å². The molecule has 16 heavy (non-hydrogen) atoms. The van der Waals surface area contributed by atoms with Gasteiger partial charge in [-0.15, -0.1) is 0 Å². The fraction of sp³-hybridized carbons (Fsp3) is 0.182. The molecule has 0 aliphatic carbocycles. The number of halogens is 2. The topological polar surface area (TPSA) is 41.1 Å². The summed E-state index contributed by atoms with van der Waals surface area (Å²) in [7, 11) is 0. The molecule has 0 bridgehead atoms. The minimum Gasteiger partial charge on any atom is -0.379 e. The van der Waals surface area contributed by atoms with Crippen LogP contribution in [0.25, 0.3) is 0 Å². The minimum absolute atomic E-state index is 0.0981. The van der Waals surface area contributed by atoms with Gasteiger partial charge in [-0.3, -0.25) is 4.79 Å². The van der Waals surface area contributed by atoms with Crippen molar-refractivity contribution in [3.05, 3.63) is 40.0 Å². The standard InChI is InChI=1S/C11H10Cl2N2O/c12-7-1-8(13)3-9(2-7)14-5-10-4-11(16)6-15-10/h1-4,14-15H,5-6H2. The normalized spacial score (nSPS) is 14.6. The summed E-state index contributed by atoms with van der Waals surface area (Å²) in [6.45, 7) is 0.940. The number of nitrogens with one attached hydrogen (secondary N) is 2. The molecule has 0 spiro atoms. The van der Waals surface area contributed by atoms with Crippen LogP contribution in [-0.4, -0.2) is 18.9 Å².